The Hall–Kier alpha value is -3.02. The van der Waals surface area contributed by atoms with Crippen molar-refractivity contribution in [2.75, 3.05) is 6.61 Å². The van der Waals surface area contributed by atoms with Crippen molar-refractivity contribution in [3.05, 3.63) is 65.9 Å². The summed E-state index contributed by atoms with van der Waals surface area (Å²) in [6.45, 7) is 1.95. The second kappa shape index (κ2) is 6.62. The number of ether oxygens (including phenoxy) is 2. The van der Waals surface area contributed by atoms with Crippen molar-refractivity contribution in [1.29, 1.82) is 0 Å². The number of nitrogens with zero attached hydrogens (tertiary/aromatic N) is 1. The van der Waals surface area contributed by atoms with Crippen molar-refractivity contribution in [3.8, 4) is 11.5 Å². The summed E-state index contributed by atoms with van der Waals surface area (Å²) in [6, 6.07) is 11.8. The van der Waals surface area contributed by atoms with Crippen LogP contribution in [0.5, 0.6) is 11.5 Å². The SMILES string of the molecule is CCOC(=O)c1cccc(Oc2cc3cccc(F)c3nc2F)c1. The highest BCUT2D eigenvalue weighted by molar-refractivity contribution is 5.89. The van der Waals surface area contributed by atoms with Gasteiger partial charge in [-0.1, -0.05) is 18.2 Å². The van der Waals surface area contributed by atoms with Crippen LogP contribution in [-0.4, -0.2) is 17.6 Å². The monoisotopic (exact) mass is 329 g/mol. The lowest BCUT2D eigenvalue weighted by Gasteiger charge is -2.09. The molecule has 0 aliphatic carbocycles. The van der Waals surface area contributed by atoms with Crippen LogP contribution in [0.2, 0.25) is 0 Å². The number of benzene rings is 2. The summed E-state index contributed by atoms with van der Waals surface area (Å²) >= 11 is 0. The van der Waals surface area contributed by atoms with Crippen LogP contribution < -0.4 is 4.74 Å². The summed E-state index contributed by atoms with van der Waals surface area (Å²) < 4.78 is 38.1. The van der Waals surface area contributed by atoms with E-state index in [-0.39, 0.29) is 29.2 Å². The van der Waals surface area contributed by atoms with Crippen LogP contribution in [0.15, 0.2) is 48.5 Å². The fourth-order valence-electron chi connectivity index (χ4n) is 2.22. The fraction of sp³-hybridized carbons (Fsp3) is 0.111. The van der Waals surface area contributed by atoms with Gasteiger partial charge in [0.2, 0.25) is 0 Å². The zero-order valence-electron chi connectivity index (χ0n) is 12.8. The van der Waals surface area contributed by atoms with Crippen LogP contribution >= 0.6 is 0 Å². The average Bonchev–Trinajstić information content (AvgIpc) is 2.57. The quantitative estimate of drug-likeness (QED) is 0.523. The summed E-state index contributed by atoms with van der Waals surface area (Å²) in [5.41, 5.74) is 0.220. The number of halogens is 2. The van der Waals surface area contributed by atoms with Crippen LogP contribution in [0.3, 0.4) is 0 Å². The number of pyridine rings is 1. The topological polar surface area (TPSA) is 48.4 Å². The maximum absolute atomic E-state index is 14.1. The first kappa shape index (κ1) is 15.9. The van der Waals surface area contributed by atoms with Gasteiger partial charge >= 0.3 is 5.97 Å². The lowest BCUT2D eigenvalue weighted by atomic mass is 10.2. The van der Waals surface area contributed by atoms with Crippen LogP contribution in [0, 0.1) is 11.8 Å². The average molecular weight is 329 g/mol. The molecule has 0 saturated heterocycles. The Balaban J connectivity index is 1.94. The Morgan fingerprint density at radius 1 is 1.12 bits per heavy atom. The van der Waals surface area contributed by atoms with E-state index < -0.39 is 17.7 Å². The van der Waals surface area contributed by atoms with Crippen molar-refractivity contribution in [1.82, 2.24) is 4.98 Å². The molecule has 0 amide bonds. The minimum atomic E-state index is -0.936. The normalized spacial score (nSPS) is 10.6. The molecule has 0 saturated carbocycles. The molecule has 6 heteroatoms. The van der Waals surface area contributed by atoms with E-state index in [4.69, 9.17) is 9.47 Å². The number of carbonyl (C=O) groups is 1. The van der Waals surface area contributed by atoms with Gasteiger partial charge in [-0.05, 0) is 37.3 Å². The molecular weight excluding hydrogens is 316 g/mol. The fourth-order valence-corrected chi connectivity index (χ4v) is 2.22. The highest BCUT2D eigenvalue weighted by Crippen LogP contribution is 2.28. The molecule has 0 bridgehead atoms. The van der Waals surface area contributed by atoms with E-state index >= 15 is 0 Å². The van der Waals surface area contributed by atoms with Gasteiger partial charge in [0.15, 0.2) is 5.75 Å². The third kappa shape index (κ3) is 3.17. The number of para-hydroxylation sites is 1. The van der Waals surface area contributed by atoms with Crippen molar-refractivity contribution >= 4 is 16.9 Å². The third-order valence-electron chi connectivity index (χ3n) is 3.29. The molecule has 0 aliphatic rings. The molecule has 2 aromatic carbocycles. The molecule has 4 nitrogen and oxygen atoms in total. The smallest absolute Gasteiger partial charge is 0.338 e. The van der Waals surface area contributed by atoms with E-state index in [2.05, 4.69) is 4.98 Å². The minimum absolute atomic E-state index is 0.0670. The van der Waals surface area contributed by atoms with Crippen molar-refractivity contribution in [2.24, 2.45) is 0 Å². The maximum Gasteiger partial charge on any atom is 0.338 e. The molecule has 3 rings (SSSR count). The van der Waals surface area contributed by atoms with Gasteiger partial charge in [0.25, 0.3) is 5.95 Å². The number of esters is 1. The van der Waals surface area contributed by atoms with Crippen molar-refractivity contribution < 1.29 is 23.0 Å². The first-order chi connectivity index (χ1) is 11.6. The van der Waals surface area contributed by atoms with Gasteiger partial charge < -0.3 is 9.47 Å². The Morgan fingerprint density at radius 3 is 2.71 bits per heavy atom. The molecular formula is C18H13F2NO3. The molecule has 0 spiro atoms. The molecule has 122 valence electrons. The number of hydrogen-bond donors (Lipinski definition) is 0. The van der Waals surface area contributed by atoms with Gasteiger partial charge in [0.05, 0.1) is 12.2 Å². The minimum Gasteiger partial charge on any atom is -0.462 e. The first-order valence-electron chi connectivity index (χ1n) is 7.28. The molecule has 0 radical (unpaired) electrons. The molecule has 0 atom stereocenters. The zero-order valence-corrected chi connectivity index (χ0v) is 12.8. The highest BCUT2D eigenvalue weighted by atomic mass is 19.1. The summed E-state index contributed by atoms with van der Waals surface area (Å²) in [5.74, 6) is -1.95. The molecule has 24 heavy (non-hydrogen) atoms. The van der Waals surface area contributed by atoms with Gasteiger partial charge in [0, 0.05) is 5.39 Å². The summed E-state index contributed by atoms with van der Waals surface area (Å²) in [4.78, 5) is 15.3. The summed E-state index contributed by atoms with van der Waals surface area (Å²) in [7, 11) is 0. The van der Waals surface area contributed by atoms with E-state index in [1.807, 2.05) is 0 Å². The highest BCUT2D eigenvalue weighted by Gasteiger charge is 2.13. The van der Waals surface area contributed by atoms with Gasteiger partial charge in [-0.3, -0.25) is 0 Å². The second-order valence-electron chi connectivity index (χ2n) is 4.94. The Kier molecular flexibility index (Phi) is 4.37. The van der Waals surface area contributed by atoms with E-state index in [0.717, 1.165) is 0 Å². The van der Waals surface area contributed by atoms with Crippen LogP contribution in [0.1, 0.15) is 17.3 Å². The lowest BCUT2D eigenvalue weighted by molar-refractivity contribution is 0.0526. The number of aromatic nitrogens is 1. The Bertz CT molecular complexity index is 912. The lowest BCUT2D eigenvalue weighted by Crippen LogP contribution is -2.04. The third-order valence-corrected chi connectivity index (χ3v) is 3.29. The van der Waals surface area contributed by atoms with E-state index in [1.165, 1.54) is 24.3 Å². The summed E-state index contributed by atoms with van der Waals surface area (Å²) in [5, 5.41) is 0.410. The predicted molar refractivity (Wildman–Crippen MR) is 84.1 cm³/mol. The number of fused-ring (bicyclic) bond motifs is 1. The van der Waals surface area contributed by atoms with Gasteiger partial charge in [0.1, 0.15) is 17.1 Å². The zero-order chi connectivity index (χ0) is 17.1. The molecule has 3 aromatic rings. The number of carbonyl (C=O) groups excluding carboxylic acids is 1. The molecule has 0 N–H and O–H groups in total. The Morgan fingerprint density at radius 2 is 1.92 bits per heavy atom. The van der Waals surface area contributed by atoms with E-state index in [0.29, 0.717) is 5.39 Å². The molecule has 0 aliphatic heterocycles. The number of rotatable bonds is 4. The number of hydrogen-bond acceptors (Lipinski definition) is 4. The largest absolute Gasteiger partial charge is 0.462 e. The van der Waals surface area contributed by atoms with E-state index in [9.17, 15) is 13.6 Å². The van der Waals surface area contributed by atoms with Crippen molar-refractivity contribution in [2.45, 2.75) is 6.92 Å². The van der Waals surface area contributed by atoms with E-state index in [1.54, 1.807) is 31.2 Å². The van der Waals surface area contributed by atoms with Gasteiger partial charge in [-0.2, -0.15) is 4.39 Å². The summed E-state index contributed by atoms with van der Waals surface area (Å²) in [6.07, 6.45) is 0. The van der Waals surface area contributed by atoms with Crippen LogP contribution in [0.4, 0.5) is 8.78 Å². The van der Waals surface area contributed by atoms with Gasteiger partial charge in [-0.15, -0.1) is 0 Å². The van der Waals surface area contributed by atoms with Crippen LogP contribution in [0.25, 0.3) is 10.9 Å². The molecule has 0 fully saturated rings. The predicted octanol–water partition coefficient (Wildman–Crippen LogP) is 4.48. The van der Waals surface area contributed by atoms with Crippen molar-refractivity contribution in [3.63, 3.8) is 0 Å². The molecule has 0 unspecified atom stereocenters. The van der Waals surface area contributed by atoms with Gasteiger partial charge in [-0.25, -0.2) is 14.2 Å². The first-order valence-corrected chi connectivity index (χ1v) is 7.28. The van der Waals surface area contributed by atoms with Crippen LogP contribution in [-0.2, 0) is 4.74 Å². The maximum atomic E-state index is 14.1. The molecule has 1 aromatic heterocycles. The Labute approximate surface area is 136 Å². The molecule has 1 heterocycles. The standard InChI is InChI=1S/C18H13F2NO3/c1-2-23-18(22)12-6-3-7-13(9-12)24-15-10-11-5-4-8-14(19)16(11)21-17(15)20/h3-10H,2H2,1H3. The second-order valence-corrected chi connectivity index (χ2v) is 4.94.